The third-order valence-electron chi connectivity index (χ3n) is 4.69. The molecule has 0 radical (unpaired) electrons. The molecule has 0 aliphatic heterocycles. The summed E-state index contributed by atoms with van der Waals surface area (Å²) in [5.41, 5.74) is 0.970. The molecule has 25 heavy (non-hydrogen) atoms. The molecule has 1 aliphatic rings. The van der Waals surface area contributed by atoms with Crippen LogP contribution < -0.4 is 5.32 Å². The van der Waals surface area contributed by atoms with Gasteiger partial charge in [-0.2, -0.15) is 0 Å². The smallest absolute Gasteiger partial charge is 0.230 e. The van der Waals surface area contributed by atoms with E-state index in [0.717, 1.165) is 23.0 Å². The summed E-state index contributed by atoms with van der Waals surface area (Å²) < 4.78 is 2.24. The van der Waals surface area contributed by atoms with Gasteiger partial charge in [0.05, 0.1) is 5.75 Å². The zero-order valence-corrected chi connectivity index (χ0v) is 15.6. The molecule has 2 aromatic rings. The average Bonchev–Trinajstić information content (AvgIpc) is 3.05. The van der Waals surface area contributed by atoms with Crippen LogP contribution in [0.15, 0.2) is 29.7 Å². The lowest BCUT2D eigenvalue weighted by atomic mass is 9.85. The number of aromatic nitrogens is 4. The summed E-state index contributed by atoms with van der Waals surface area (Å²) in [5, 5.41) is 12.5. The van der Waals surface area contributed by atoms with Gasteiger partial charge in [0, 0.05) is 30.5 Å². The Morgan fingerprint density at radius 3 is 2.92 bits per heavy atom. The lowest BCUT2D eigenvalue weighted by molar-refractivity contribution is -0.118. The third kappa shape index (κ3) is 4.21. The van der Waals surface area contributed by atoms with Crippen LogP contribution in [0.2, 0.25) is 0 Å². The van der Waals surface area contributed by atoms with E-state index in [1.807, 2.05) is 25.3 Å². The van der Waals surface area contributed by atoms with Crippen LogP contribution in [0.3, 0.4) is 0 Å². The van der Waals surface area contributed by atoms with Crippen LogP contribution in [0, 0.1) is 5.92 Å². The Labute approximate surface area is 152 Å². The average molecular weight is 359 g/mol. The Morgan fingerprint density at radius 1 is 1.36 bits per heavy atom. The predicted molar refractivity (Wildman–Crippen MR) is 99.3 cm³/mol. The van der Waals surface area contributed by atoms with E-state index in [0.29, 0.717) is 24.3 Å². The molecule has 0 saturated heterocycles. The highest BCUT2D eigenvalue weighted by Gasteiger charge is 2.28. The van der Waals surface area contributed by atoms with Gasteiger partial charge in [0.1, 0.15) is 0 Å². The first-order valence-electron chi connectivity index (χ1n) is 8.95. The first kappa shape index (κ1) is 17.9. The van der Waals surface area contributed by atoms with E-state index in [2.05, 4.69) is 32.0 Å². The molecule has 7 heteroatoms. The molecule has 2 heterocycles. The van der Waals surface area contributed by atoms with E-state index in [-0.39, 0.29) is 5.91 Å². The number of nitrogens with zero attached hydrogens (tertiary/aromatic N) is 4. The molecule has 1 N–H and O–H groups in total. The van der Waals surface area contributed by atoms with Crippen molar-refractivity contribution in [2.45, 2.75) is 50.7 Å². The van der Waals surface area contributed by atoms with Crippen LogP contribution in [0.1, 0.15) is 45.6 Å². The number of thioether (sulfide) groups is 1. The predicted octanol–water partition coefficient (Wildman–Crippen LogP) is 3.32. The van der Waals surface area contributed by atoms with Crippen LogP contribution in [-0.2, 0) is 4.79 Å². The SMILES string of the molecule is CCNC(=O)CSc1nnc(-c2cccnc2)n1[C@H]1CCCC[C@H]1C. The number of carbonyl (C=O) groups is 1. The topological polar surface area (TPSA) is 72.7 Å². The van der Waals surface area contributed by atoms with Crippen LogP contribution in [0.4, 0.5) is 0 Å². The molecule has 1 fully saturated rings. The number of hydrogen-bond donors (Lipinski definition) is 1. The molecule has 134 valence electrons. The summed E-state index contributed by atoms with van der Waals surface area (Å²) in [7, 11) is 0. The van der Waals surface area contributed by atoms with E-state index in [1.165, 1.54) is 31.0 Å². The van der Waals surface area contributed by atoms with Crippen LogP contribution in [0.25, 0.3) is 11.4 Å². The quantitative estimate of drug-likeness (QED) is 0.801. The van der Waals surface area contributed by atoms with E-state index in [4.69, 9.17) is 0 Å². The molecule has 6 nitrogen and oxygen atoms in total. The normalized spacial score (nSPS) is 20.4. The highest BCUT2D eigenvalue weighted by Crippen LogP contribution is 2.38. The van der Waals surface area contributed by atoms with Gasteiger partial charge in [-0.3, -0.25) is 14.3 Å². The van der Waals surface area contributed by atoms with Crippen molar-refractivity contribution >= 4 is 17.7 Å². The monoisotopic (exact) mass is 359 g/mol. The molecule has 1 saturated carbocycles. The van der Waals surface area contributed by atoms with E-state index in [1.54, 1.807) is 6.20 Å². The number of carbonyl (C=O) groups excluding carboxylic acids is 1. The van der Waals surface area contributed by atoms with Crippen molar-refractivity contribution in [3.63, 3.8) is 0 Å². The van der Waals surface area contributed by atoms with Gasteiger partial charge in [0.25, 0.3) is 0 Å². The number of rotatable bonds is 6. The molecule has 2 atom stereocenters. The van der Waals surface area contributed by atoms with Crippen molar-refractivity contribution in [1.82, 2.24) is 25.1 Å². The molecule has 0 bridgehead atoms. The number of pyridine rings is 1. The maximum atomic E-state index is 11.8. The second-order valence-corrected chi connectivity index (χ2v) is 7.43. The van der Waals surface area contributed by atoms with Gasteiger partial charge in [-0.05, 0) is 37.8 Å². The molecular formula is C18H25N5OS. The lowest BCUT2D eigenvalue weighted by Crippen LogP contribution is -2.25. The Morgan fingerprint density at radius 2 is 2.20 bits per heavy atom. The first-order chi connectivity index (χ1) is 12.2. The molecule has 3 rings (SSSR count). The number of amides is 1. The zero-order valence-electron chi connectivity index (χ0n) is 14.8. The van der Waals surface area contributed by atoms with Gasteiger partial charge >= 0.3 is 0 Å². The van der Waals surface area contributed by atoms with E-state index >= 15 is 0 Å². The van der Waals surface area contributed by atoms with Gasteiger partial charge in [-0.25, -0.2) is 0 Å². The fourth-order valence-electron chi connectivity index (χ4n) is 3.42. The second kappa shape index (κ2) is 8.47. The minimum Gasteiger partial charge on any atom is -0.356 e. The number of nitrogens with one attached hydrogen (secondary N) is 1. The Balaban J connectivity index is 1.92. The Hall–Kier alpha value is -1.89. The maximum absolute atomic E-state index is 11.8. The fraction of sp³-hybridized carbons (Fsp3) is 0.556. The fourth-order valence-corrected chi connectivity index (χ4v) is 4.25. The van der Waals surface area contributed by atoms with Gasteiger partial charge in [0.2, 0.25) is 5.91 Å². The molecule has 2 aromatic heterocycles. The highest BCUT2D eigenvalue weighted by atomic mass is 32.2. The van der Waals surface area contributed by atoms with Gasteiger partial charge in [-0.15, -0.1) is 10.2 Å². The number of hydrogen-bond acceptors (Lipinski definition) is 5. The van der Waals surface area contributed by atoms with Gasteiger partial charge in [0.15, 0.2) is 11.0 Å². The molecular weight excluding hydrogens is 334 g/mol. The summed E-state index contributed by atoms with van der Waals surface area (Å²) in [6.07, 6.45) is 8.44. The zero-order chi connectivity index (χ0) is 17.6. The Kier molecular flexibility index (Phi) is 6.07. The van der Waals surface area contributed by atoms with Crippen molar-refractivity contribution in [3.05, 3.63) is 24.5 Å². The first-order valence-corrected chi connectivity index (χ1v) is 9.94. The minimum absolute atomic E-state index is 0.0293. The summed E-state index contributed by atoms with van der Waals surface area (Å²) in [4.78, 5) is 16.1. The largest absolute Gasteiger partial charge is 0.356 e. The van der Waals surface area contributed by atoms with Crippen LogP contribution >= 0.6 is 11.8 Å². The summed E-state index contributed by atoms with van der Waals surface area (Å²) >= 11 is 1.46. The highest BCUT2D eigenvalue weighted by molar-refractivity contribution is 7.99. The Bertz CT molecular complexity index is 703. The molecule has 0 aromatic carbocycles. The van der Waals surface area contributed by atoms with Crippen molar-refractivity contribution in [3.8, 4) is 11.4 Å². The molecule has 0 unspecified atom stereocenters. The van der Waals surface area contributed by atoms with Crippen LogP contribution in [-0.4, -0.2) is 38.0 Å². The molecule has 1 amide bonds. The second-order valence-electron chi connectivity index (χ2n) is 6.49. The van der Waals surface area contributed by atoms with Gasteiger partial charge in [-0.1, -0.05) is 31.5 Å². The lowest BCUT2D eigenvalue weighted by Gasteiger charge is -2.31. The van der Waals surface area contributed by atoms with Crippen molar-refractivity contribution < 1.29 is 4.79 Å². The van der Waals surface area contributed by atoms with Crippen molar-refractivity contribution in [1.29, 1.82) is 0 Å². The third-order valence-corrected chi connectivity index (χ3v) is 5.63. The standard InChI is InChI=1S/C18H25N5OS/c1-3-20-16(24)12-25-18-22-21-17(14-8-6-10-19-11-14)23(18)15-9-5-4-7-13(15)2/h6,8,10-11,13,15H,3-5,7,9,12H2,1-2H3,(H,20,24)/t13-,15+/m1/s1. The summed E-state index contributed by atoms with van der Waals surface area (Å²) in [5.74, 6) is 1.82. The summed E-state index contributed by atoms with van der Waals surface area (Å²) in [6.45, 7) is 4.87. The van der Waals surface area contributed by atoms with E-state index < -0.39 is 0 Å². The van der Waals surface area contributed by atoms with Gasteiger partial charge < -0.3 is 5.32 Å². The van der Waals surface area contributed by atoms with E-state index in [9.17, 15) is 4.79 Å². The van der Waals surface area contributed by atoms with Crippen molar-refractivity contribution in [2.75, 3.05) is 12.3 Å². The minimum atomic E-state index is 0.0293. The molecule has 0 spiro atoms. The maximum Gasteiger partial charge on any atom is 0.230 e. The van der Waals surface area contributed by atoms with Crippen LogP contribution in [0.5, 0.6) is 0 Å². The van der Waals surface area contributed by atoms with Crippen molar-refractivity contribution in [2.24, 2.45) is 5.92 Å². The molecule has 1 aliphatic carbocycles. The summed E-state index contributed by atoms with van der Waals surface area (Å²) in [6, 6.07) is 4.30.